The first-order valence-electron chi connectivity index (χ1n) is 9.30. The zero-order chi connectivity index (χ0) is 26.5. The van der Waals surface area contributed by atoms with Crippen LogP contribution in [0.4, 0.5) is 0 Å². The van der Waals surface area contributed by atoms with Crippen molar-refractivity contribution in [3.8, 4) is 0 Å². The Morgan fingerprint density at radius 2 is 1.18 bits per heavy atom. The monoisotopic (exact) mass is 489 g/mol. The van der Waals surface area contributed by atoms with Crippen LogP contribution in [-0.2, 0) is 19.2 Å². The number of hydrogen-bond acceptors (Lipinski definition) is 14. The quantitative estimate of drug-likeness (QED) is 0.0796. The lowest BCUT2D eigenvalue weighted by molar-refractivity contribution is -0.151. The first kappa shape index (κ1) is 33.1. The van der Waals surface area contributed by atoms with E-state index >= 15 is 0 Å². The van der Waals surface area contributed by atoms with E-state index in [-0.39, 0.29) is 6.29 Å². The zero-order valence-electron chi connectivity index (χ0n) is 17.4. The average molecular weight is 489 g/mol. The van der Waals surface area contributed by atoms with E-state index in [0.29, 0.717) is 0 Å². The summed E-state index contributed by atoms with van der Waals surface area (Å²) in [6.45, 7) is -0.626. The Kier molecular flexibility index (Phi) is 16.5. The molecule has 0 saturated heterocycles. The minimum Gasteiger partial charge on any atom is -0.475 e. The summed E-state index contributed by atoms with van der Waals surface area (Å²) in [6, 6.07) is -1.61. The van der Waals surface area contributed by atoms with Gasteiger partial charge in [0.25, 0.3) is 0 Å². The standard InChI is InChI=1S/C11H19NO9.C6H12O6/c1-4(14)12-8(5(15)2-6(16)11(20)21)10(19)9(18)7(17)3-13;7-1-3(9)5(11)6(12)4(10)2-8/h5,7-10,13,15,17-19H,2-3H2,1H3,(H,12,14)(H,20,21);1,3-6,8-12H,2H2/t5-,7+,8+,9+,10+;3-,4+,5+,6-/m00/s1. The maximum Gasteiger partial charge on any atom is 0.372 e. The highest BCUT2D eigenvalue weighted by atomic mass is 16.4. The van der Waals surface area contributed by atoms with Crippen LogP contribution < -0.4 is 5.32 Å². The summed E-state index contributed by atoms with van der Waals surface area (Å²) in [6.07, 6.45) is -15.2. The van der Waals surface area contributed by atoms with Gasteiger partial charge in [-0.15, -0.1) is 0 Å². The van der Waals surface area contributed by atoms with Crippen molar-refractivity contribution < 1.29 is 75.3 Å². The maximum atomic E-state index is 11.0. The molecule has 16 nitrogen and oxygen atoms in total. The largest absolute Gasteiger partial charge is 0.475 e. The van der Waals surface area contributed by atoms with Crippen LogP contribution in [-0.4, -0.2) is 148 Å². The second-order valence-electron chi connectivity index (χ2n) is 6.81. The predicted molar refractivity (Wildman–Crippen MR) is 103 cm³/mol. The lowest BCUT2D eigenvalue weighted by Gasteiger charge is -2.32. The van der Waals surface area contributed by atoms with Crippen LogP contribution in [0.15, 0.2) is 0 Å². The number of nitrogens with one attached hydrogen (secondary N) is 1. The molecule has 9 atom stereocenters. The van der Waals surface area contributed by atoms with Gasteiger partial charge in [0, 0.05) is 13.3 Å². The van der Waals surface area contributed by atoms with Crippen molar-refractivity contribution in [3.63, 3.8) is 0 Å². The molecule has 0 aliphatic carbocycles. The summed E-state index contributed by atoms with van der Waals surface area (Å²) < 4.78 is 0. The van der Waals surface area contributed by atoms with Gasteiger partial charge < -0.3 is 66.3 Å². The zero-order valence-corrected chi connectivity index (χ0v) is 17.4. The summed E-state index contributed by atoms with van der Waals surface area (Å²) in [5.74, 6) is -3.89. The van der Waals surface area contributed by atoms with E-state index in [1.54, 1.807) is 0 Å². The molecule has 0 heterocycles. The van der Waals surface area contributed by atoms with E-state index in [1.807, 2.05) is 5.32 Å². The van der Waals surface area contributed by atoms with Crippen molar-refractivity contribution in [2.24, 2.45) is 0 Å². The fourth-order valence-corrected chi connectivity index (χ4v) is 2.21. The molecule has 0 aromatic carbocycles. The molecule has 0 saturated carbocycles. The summed E-state index contributed by atoms with van der Waals surface area (Å²) in [4.78, 5) is 42.3. The fraction of sp³-hybridized carbons (Fsp3) is 0.765. The van der Waals surface area contributed by atoms with E-state index in [9.17, 15) is 39.6 Å². The molecular weight excluding hydrogens is 458 g/mol. The number of carboxylic acids is 1. The van der Waals surface area contributed by atoms with Gasteiger partial charge in [-0.1, -0.05) is 0 Å². The molecule has 0 unspecified atom stereocenters. The SMILES string of the molecule is CC(=O)N[C@@H]([C@@H](O)[C@H](O)[C@H](O)CO)[C@@H](O)CC(=O)C(=O)O.O=C[C@H](O)[C@@H](O)[C@@H](O)[C@H](O)CO. The molecule has 33 heavy (non-hydrogen) atoms. The van der Waals surface area contributed by atoms with Gasteiger partial charge in [-0.2, -0.15) is 0 Å². The highest BCUT2D eigenvalue weighted by molar-refractivity contribution is 6.32. The molecule has 0 aromatic rings. The molecule has 0 aliphatic heterocycles. The number of carbonyl (C=O) groups excluding carboxylic acids is 3. The number of amides is 1. The van der Waals surface area contributed by atoms with Crippen LogP contribution in [0.3, 0.4) is 0 Å². The van der Waals surface area contributed by atoms with Gasteiger partial charge in [0.1, 0.15) is 42.7 Å². The first-order chi connectivity index (χ1) is 15.2. The molecular formula is C17H31NO15. The van der Waals surface area contributed by atoms with Crippen LogP contribution in [0, 0.1) is 0 Å². The number of aliphatic hydroxyl groups is 10. The average Bonchev–Trinajstić information content (AvgIpc) is 2.78. The van der Waals surface area contributed by atoms with Crippen molar-refractivity contribution in [2.75, 3.05) is 13.2 Å². The summed E-state index contributed by atoms with van der Waals surface area (Å²) in [7, 11) is 0. The van der Waals surface area contributed by atoms with Crippen molar-refractivity contribution in [3.05, 3.63) is 0 Å². The van der Waals surface area contributed by atoms with Crippen LogP contribution >= 0.6 is 0 Å². The van der Waals surface area contributed by atoms with Crippen molar-refractivity contribution in [1.82, 2.24) is 5.32 Å². The third-order valence-electron chi connectivity index (χ3n) is 4.14. The second-order valence-corrected chi connectivity index (χ2v) is 6.81. The molecule has 0 aliphatic rings. The topological polar surface area (TPSA) is 303 Å². The van der Waals surface area contributed by atoms with Crippen molar-refractivity contribution in [1.29, 1.82) is 0 Å². The number of aldehydes is 1. The number of Topliss-reactive ketones (excluding diaryl/α,β-unsaturated/α-hetero) is 1. The number of aliphatic hydroxyl groups excluding tert-OH is 10. The Balaban J connectivity index is 0. The molecule has 0 aromatic heterocycles. The van der Waals surface area contributed by atoms with Crippen LogP contribution in [0.2, 0.25) is 0 Å². The van der Waals surface area contributed by atoms with Crippen LogP contribution in [0.1, 0.15) is 13.3 Å². The number of hydrogen-bond donors (Lipinski definition) is 12. The van der Waals surface area contributed by atoms with E-state index in [0.717, 1.165) is 6.92 Å². The Hall–Kier alpha value is -2.12. The minimum atomic E-state index is -1.94. The Labute approximate surface area is 187 Å². The molecule has 0 fully saturated rings. The molecule has 0 radical (unpaired) electrons. The minimum absolute atomic E-state index is 0.0258. The van der Waals surface area contributed by atoms with Gasteiger partial charge in [0.15, 0.2) is 6.29 Å². The molecule has 194 valence electrons. The normalized spacial score (nSPS) is 19.2. The molecule has 12 N–H and O–H groups in total. The number of carbonyl (C=O) groups is 4. The number of ketones is 1. The maximum absolute atomic E-state index is 11.0. The number of rotatable bonds is 14. The molecule has 16 heteroatoms. The molecule has 1 amide bonds. The van der Waals surface area contributed by atoms with Crippen LogP contribution in [0.5, 0.6) is 0 Å². The number of aliphatic carboxylic acids is 1. The Bertz CT molecular complexity index is 617. The lowest BCUT2D eigenvalue weighted by atomic mass is 9.94. The van der Waals surface area contributed by atoms with Gasteiger partial charge in [0.05, 0.1) is 25.4 Å². The van der Waals surface area contributed by atoms with Crippen LogP contribution in [0.25, 0.3) is 0 Å². The molecule has 0 spiro atoms. The molecule has 0 rings (SSSR count). The van der Waals surface area contributed by atoms with Gasteiger partial charge in [-0.3, -0.25) is 9.59 Å². The van der Waals surface area contributed by atoms with Gasteiger partial charge in [-0.05, 0) is 0 Å². The first-order valence-corrected chi connectivity index (χ1v) is 9.30. The number of carboxylic acid groups (broad SMARTS) is 1. The van der Waals surface area contributed by atoms with Gasteiger partial charge >= 0.3 is 5.97 Å². The Morgan fingerprint density at radius 1 is 0.758 bits per heavy atom. The lowest BCUT2D eigenvalue weighted by Crippen LogP contribution is -2.57. The highest BCUT2D eigenvalue weighted by Crippen LogP contribution is 2.12. The van der Waals surface area contributed by atoms with E-state index in [1.165, 1.54) is 0 Å². The van der Waals surface area contributed by atoms with Gasteiger partial charge in [-0.25, -0.2) is 4.79 Å². The smallest absolute Gasteiger partial charge is 0.372 e. The second kappa shape index (κ2) is 16.5. The molecule has 0 bridgehead atoms. The Morgan fingerprint density at radius 3 is 1.52 bits per heavy atom. The van der Waals surface area contributed by atoms with Crippen molar-refractivity contribution >= 4 is 23.9 Å². The predicted octanol–water partition coefficient (Wildman–Crippen LogP) is -7.41. The summed E-state index contributed by atoms with van der Waals surface area (Å²) >= 11 is 0. The summed E-state index contributed by atoms with van der Waals surface area (Å²) in [5.41, 5.74) is 0. The van der Waals surface area contributed by atoms with E-state index in [2.05, 4.69) is 0 Å². The van der Waals surface area contributed by atoms with Gasteiger partial charge in [0.2, 0.25) is 11.7 Å². The van der Waals surface area contributed by atoms with E-state index in [4.69, 9.17) is 35.7 Å². The van der Waals surface area contributed by atoms with Crippen molar-refractivity contribution in [2.45, 2.75) is 68.2 Å². The summed E-state index contributed by atoms with van der Waals surface area (Å²) in [5, 5.41) is 101. The highest BCUT2D eigenvalue weighted by Gasteiger charge is 2.37. The third-order valence-corrected chi connectivity index (χ3v) is 4.14. The fourth-order valence-electron chi connectivity index (χ4n) is 2.21. The van der Waals surface area contributed by atoms with E-state index < -0.39 is 92.2 Å². The third kappa shape index (κ3) is 12.1.